The van der Waals surface area contributed by atoms with Gasteiger partial charge in [0.25, 0.3) is 0 Å². The average Bonchev–Trinajstić information content (AvgIpc) is 3.03. The van der Waals surface area contributed by atoms with Crippen LogP contribution in [0.5, 0.6) is 0 Å². The van der Waals surface area contributed by atoms with Gasteiger partial charge in [0.1, 0.15) is 9.46 Å². The van der Waals surface area contributed by atoms with E-state index >= 15 is 0 Å². The van der Waals surface area contributed by atoms with E-state index in [1.165, 1.54) is 25.4 Å². The van der Waals surface area contributed by atoms with Gasteiger partial charge in [-0.05, 0) is 30.0 Å². The minimum atomic E-state index is -3.69. The molecule has 1 atom stereocenters. The quantitative estimate of drug-likeness (QED) is 0.809. The first-order valence-corrected chi connectivity index (χ1v) is 10.6. The number of aromatic nitrogens is 1. The fourth-order valence-electron chi connectivity index (χ4n) is 1.84. The molecule has 0 spiro atoms. The van der Waals surface area contributed by atoms with Crippen molar-refractivity contribution in [3.05, 3.63) is 47.6 Å². The molecule has 0 unspecified atom stereocenters. The summed E-state index contributed by atoms with van der Waals surface area (Å²) in [6, 6.07) is 6.41. The lowest BCUT2D eigenvalue weighted by Gasteiger charge is -2.17. The van der Waals surface area contributed by atoms with Crippen molar-refractivity contribution >= 4 is 31.2 Å². The average molecular weight is 360 g/mol. The Bertz CT molecular complexity index is 800. The van der Waals surface area contributed by atoms with Crippen LogP contribution in [-0.2, 0) is 19.9 Å². The number of hydrogen-bond donors (Lipinski definition) is 1. The molecule has 1 N–H and O–H groups in total. The van der Waals surface area contributed by atoms with Gasteiger partial charge in [-0.25, -0.2) is 21.6 Å². The van der Waals surface area contributed by atoms with Crippen LogP contribution in [0.1, 0.15) is 17.7 Å². The number of thiophene rings is 1. The maximum atomic E-state index is 12.7. The van der Waals surface area contributed by atoms with E-state index in [0.717, 1.165) is 11.3 Å². The molecule has 0 fully saturated rings. The standard InChI is InChI=1S/C13H16N2O4S3/c1-2-21(16,17)15-10-12(11-5-3-7-14-9-11)22(18,19)13-6-4-8-20-13/h3-9,12,15H,2,10H2,1H3/t12-/m1/s1. The van der Waals surface area contributed by atoms with Crippen LogP contribution in [-0.4, -0.2) is 34.1 Å². The van der Waals surface area contributed by atoms with Crippen LogP contribution >= 0.6 is 11.3 Å². The zero-order valence-electron chi connectivity index (χ0n) is 11.8. The van der Waals surface area contributed by atoms with Gasteiger partial charge in [0.2, 0.25) is 10.0 Å². The molecule has 0 aliphatic rings. The molecule has 22 heavy (non-hydrogen) atoms. The third kappa shape index (κ3) is 3.92. The third-order valence-electron chi connectivity index (χ3n) is 3.07. The zero-order valence-corrected chi connectivity index (χ0v) is 14.3. The molecule has 0 aromatic carbocycles. The topological polar surface area (TPSA) is 93.2 Å². The lowest BCUT2D eigenvalue weighted by Crippen LogP contribution is -2.32. The Morgan fingerprint density at radius 2 is 2.00 bits per heavy atom. The van der Waals surface area contributed by atoms with Crippen molar-refractivity contribution in [3.63, 3.8) is 0 Å². The molecule has 9 heteroatoms. The summed E-state index contributed by atoms with van der Waals surface area (Å²) >= 11 is 1.11. The highest BCUT2D eigenvalue weighted by molar-refractivity contribution is 7.93. The minimum absolute atomic E-state index is 0.105. The van der Waals surface area contributed by atoms with Gasteiger partial charge in [-0.1, -0.05) is 12.1 Å². The molecule has 120 valence electrons. The van der Waals surface area contributed by atoms with Crippen LogP contribution in [0.2, 0.25) is 0 Å². The SMILES string of the molecule is CCS(=O)(=O)NC[C@H](c1cccnc1)S(=O)(=O)c1cccs1. The van der Waals surface area contributed by atoms with Gasteiger partial charge in [-0.3, -0.25) is 4.98 Å². The highest BCUT2D eigenvalue weighted by Crippen LogP contribution is 2.30. The highest BCUT2D eigenvalue weighted by atomic mass is 32.2. The monoisotopic (exact) mass is 360 g/mol. The van der Waals surface area contributed by atoms with Crippen LogP contribution in [0.4, 0.5) is 0 Å². The lowest BCUT2D eigenvalue weighted by molar-refractivity contribution is 0.570. The van der Waals surface area contributed by atoms with Crippen molar-refractivity contribution in [3.8, 4) is 0 Å². The van der Waals surface area contributed by atoms with Gasteiger partial charge < -0.3 is 0 Å². The van der Waals surface area contributed by atoms with Gasteiger partial charge in [0, 0.05) is 18.9 Å². The summed E-state index contributed by atoms with van der Waals surface area (Å²) < 4.78 is 51.3. The molecular formula is C13H16N2O4S3. The summed E-state index contributed by atoms with van der Waals surface area (Å²) in [5.74, 6) is -0.105. The molecule has 2 heterocycles. The lowest BCUT2D eigenvalue weighted by atomic mass is 10.2. The molecule has 6 nitrogen and oxygen atoms in total. The number of sulfonamides is 1. The molecule has 0 aliphatic carbocycles. The zero-order chi connectivity index (χ0) is 16.2. The second-order valence-electron chi connectivity index (χ2n) is 4.50. The van der Waals surface area contributed by atoms with Gasteiger partial charge >= 0.3 is 0 Å². The van der Waals surface area contributed by atoms with Crippen molar-refractivity contribution in [1.29, 1.82) is 0 Å². The van der Waals surface area contributed by atoms with Crippen molar-refractivity contribution in [2.45, 2.75) is 16.4 Å². The van der Waals surface area contributed by atoms with Crippen molar-refractivity contribution in [2.75, 3.05) is 12.3 Å². The molecule has 0 saturated carbocycles. The Hall–Kier alpha value is -1.29. The molecule has 2 rings (SSSR count). The van der Waals surface area contributed by atoms with Crippen LogP contribution < -0.4 is 4.72 Å². The predicted molar refractivity (Wildman–Crippen MR) is 85.9 cm³/mol. The summed E-state index contributed by atoms with van der Waals surface area (Å²) in [6.45, 7) is 1.28. The predicted octanol–water partition coefficient (Wildman–Crippen LogP) is 1.60. The molecule has 0 saturated heterocycles. The largest absolute Gasteiger partial charge is 0.264 e. The first-order valence-electron chi connectivity index (χ1n) is 6.51. The van der Waals surface area contributed by atoms with E-state index in [-0.39, 0.29) is 16.5 Å². The van der Waals surface area contributed by atoms with E-state index in [1.807, 2.05) is 0 Å². The van der Waals surface area contributed by atoms with Gasteiger partial charge in [0.15, 0.2) is 9.84 Å². The van der Waals surface area contributed by atoms with Crippen LogP contribution in [0.25, 0.3) is 0 Å². The summed E-state index contributed by atoms with van der Waals surface area (Å²) in [5.41, 5.74) is 0.453. The molecule has 2 aromatic heterocycles. The second kappa shape index (κ2) is 6.86. The first-order chi connectivity index (χ1) is 10.4. The Labute approximate surface area is 134 Å². The maximum absolute atomic E-state index is 12.7. The van der Waals surface area contributed by atoms with Crippen molar-refractivity contribution < 1.29 is 16.8 Å². The van der Waals surface area contributed by atoms with Gasteiger partial charge in [-0.2, -0.15) is 0 Å². The summed E-state index contributed by atoms with van der Waals surface area (Å²) in [4.78, 5) is 3.93. The van der Waals surface area contributed by atoms with Crippen molar-refractivity contribution in [2.24, 2.45) is 0 Å². The summed E-state index contributed by atoms with van der Waals surface area (Å²) in [7, 11) is -7.17. The summed E-state index contributed by atoms with van der Waals surface area (Å²) in [5, 5.41) is 0.657. The van der Waals surface area contributed by atoms with Gasteiger partial charge in [-0.15, -0.1) is 11.3 Å². The Kier molecular flexibility index (Phi) is 5.32. The number of rotatable bonds is 7. The third-order valence-corrected chi connectivity index (χ3v) is 7.97. The number of sulfone groups is 1. The van der Waals surface area contributed by atoms with Crippen LogP contribution in [0.3, 0.4) is 0 Å². The Morgan fingerprint density at radius 1 is 1.23 bits per heavy atom. The number of nitrogens with zero attached hydrogens (tertiary/aromatic N) is 1. The van der Waals surface area contributed by atoms with Crippen LogP contribution in [0.15, 0.2) is 46.2 Å². The highest BCUT2D eigenvalue weighted by Gasteiger charge is 2.31. The normalized spacial score (nSPS) is 13.9. The van der Waals surface area contributed by atoms with E-state index in [2.05, 4.69) is 9.71 Å². The minimum Gasteiger partial charge on any atom is -0.264 e. The first kappa shape index (κ1) is 17.1. The fraction of sp³-hybridized carbons (Fsp3) is 0.308. The summed E-state index contributed by atoms with van der Waals surface area (Å²) in [6.07, 6.45) is 2.98. The Morgan fingerprint density at radius 3 is 2.55 bits per heavy atom. The molecule has 0 bridgehead atoms. The number of nitrogens with one attached hydrogen (secondary N) is 1. The fourth-order valence-corrected chi connectivity index (χ4v) is 5.42. The number of hydrogen-bond acceptors (Lipinski definition) is 6. The molecule has 0 aliphatic heterocycles. The van der Waals surface area contributed by atoms with Crippen LogP contribution in [0, 0.1) is 0 Å². The van der Waals surface area contributed by atoms with E-state index in [0.29, 0.717) is 5.56 Å². The molecule has 0 amide bonds. The van der Waals surface area contributed by atoms with E-state index in [1.54, 1.807) is 23.6 Å². The smallest absolute Gasteiger partial charge is 0.211 e. The number of pyridine rings is 1. The van der Waals surface area contributed by atoms with Crippen molar-refractivity contribution in [1.82, 2.24) is 9.71 Å². The molecule has 0 radical (unpaired) electrons. The van der Waals surface area contributed by atoms with E-state index in [9.17, 15) is 16.8 Å². The maximum Gasteiger partial charge on any atom is 0.211 e. The van der Waals surface area contributed by atoms with E-state index in [4.69, 9.17) is 0 Å². The Balaban J connectivity index is 2.39. The van der Waals surface area contributed by atoms with Gasteiger partial charge in [0.05, 0.1) is 5.75 Å². The second-order valence-corrected chi connectivity index (χ2v) is 9.90. The molecular weight excluding hydrogens is 344 g/mol. The molecule has 2 aromatic rings. The van der Waals surface area contributed by atoms with E-state index < -0.39 is 25.1 Å².